The molecule has 2 aromatic rings. The van der Waals surface area contributed by atoms with Gasteiger partial charge in [0.05, 0.1) is 6.04 Å². The van der Waals surface area contributed by atoms with E-state index in [1.54, 1.807) is 0 Å². The van der Waals surface area contributed by atoms with Crippen molar-refractivity contribution >= 4 is 0 Å². The molecule has 0 amide bonds. The summed E-state index contributed by atoms with van der Waals surface area (Å²) in [5, 5.41) is 0. The van der Waals surface area contributed by atoms with Crippen molar-refractivity contribution in [1.29, 1.82) is 0 Å². The van der Waals surface area contributed by atoms with Crippen molar-refractivity contribution in [3.8, 4) is 0 Å². The van der Waals surface area contributed by atoms with Crippen LogP contribution in [0.15, 0.2) is 48.5 Å². The average molecular weight is 254 g/mol. The van der Waals surface area contributed by atoms with Gasteiger partial charge in [0.15, 0.2) is 0 Å². The number of benzene rings is 2. The van der Waals surface area contributed by atoms with Crippen LogP contribution in [-0.2, 0) is 6.42 Å². The van der Waals surface area contributed by atoms with Gasteiger partial charge in [-0.25, -0.2) is 5.43 Å². The van der Waals surface area contributed by atoms with Gasteiger partial charge in [-0.1, -0.05) is 67.4 Å². The molecule has 1 atom stereocenters. The standard InChI is InChI=1S/C17H22N2/c1-3-5-14-6-4-7-16(12-14)17(19-18)15-10-8-13(2)9-11-15/h4,6-12,17,19H,3,5,18H2,1-2H3. The van der Waals surface area contributed by atoms with Crippen LogP contribution in [0.4, 0.5) is 0 Å². The Labute approximate surface area is 115 Å². The van der Waals surface area contributed by atoms with E-state index in [0.29, 0.717) is 0 Å². The highest BCUT2D eigenvalue weighted by atomic mass is 15.2. The first-order valence-corrected chi connectivity index (χ1v) is 6.86. The molecule has 100 valence electrons. The molecule has 1 unspecified atom stereocenters. The zero-order valence-electron chi connectivity index (χ0n) is 11.7. The molecule has 0 saturated carbocycles. The second kappa shape index (κ2) is 6.50. The molecule has 0 bridgehead atoms. The van der Waals surface area contributed by atoms with Crippen LogP contribution in [-0.4, -0.2) is 0 Å². The molecule has 0 aliphatic rings. The molecule has 2 aromatic carbocycles. The topological polar surface area (TPSA) is 38.0 Å². The van der Waals surface area contributed by atoms with Gasteiger partial charge >= 0.3 is 0 Å². The predicted octanol–water partition coefficient (Wildman–Crippen LogP) is 3.50. The fourth-order valence-electron chi connectivity index (χ4n) is 2.36. The van der Waals surface area contributed by atoms with E-state index < -0.39 is 0 Å². The van der Waals surface area contributed by atoms with Gasteiger partial charge in [0.25, 0.3) is 0 Å². The van der Waals surface area contributed by atoms with Crippen LogP contribution in [0.25, 0.3) is 0 Å². The summed E-state index contributed by atoms with van der Waals surface area (Å²) in [7, 11) is 0. The largest absolute Gasteiger partial charge is 0.271 e. The van der Waals surface area contributed by atoms with Gasteiger partial charge < -0.3 is 0 Å². The second-order valence-corrected chi connectivity index (χ2v) is 5.01. The predicted molar refractivity (Wildman–Crippen MR) is 80.8 cm³/mol. The maximum Gasteiger partial charge on any atom is 0.0710 e. The summed E-state index contributed by atoms with van der Waals surface area (Å²) in [6.45, 7) is 4.29. The molecular weight excluding hydrogens is 232 g/mol. The first-order chi connectivity index (χ1) is 9.24. The lowest BCUT2D eigenvalue weighted by Crippen LogP contribution is -2.28. The quantitative estimate of drug-likeness (QED) is 0.633. The summed E-state index contributed by atoms with van der Waals surface area (Å²) in [6.07, 6.45) is 2.27. The van der Waals surface area contributed by atoms with Gasteiger partial charge in [0.1, 0.15) is 0 Å². The third-order valence-electron chi connectivity index (χ3n) is 3.40. The van der Waals surface area contributed by atoms with E-state index in [1.165, 1.54) is 22.3 Å². The fourth-order valence-corrected chi connectivity index (χ4v) is 2.36. The Balaban J connectivity index is 2.30. The Kier molecular flexibility index (Phi) is 4.72. The summed E-state index contributed by atoms with van der Waals surface area (Å²) >= 11 is 0. The van der Waals surface area contributed by atoms with Crippen molar-refractivity contribution in [3.05, 3.63) is 70.8 Å². The van der Waals surface area contributed by atoms with Crippen molar-refractivity contribution in [2.45, 2.75) is 32.7 Å². The van der Waals surface area contributed by atoms with Crippen molar-refractivity contribution in [1.82, 2.24) is 5.43 Å². The lowest BCUT2D eigenvalue weighted by molar-refractivity contribution is 0.636. The number of nitrogens with two attached hydrogens (primary N) is 1. The van der Waals surface area contributed by atoms with Crippen LogP contribution in [0, 0.1) is 6.92 Å². The number of aryl methyl sites for hydroxylation is 2. The van der Waals surface area contributed by atoms with Crippen molar-refractivity contribution in [2.75, 3.05) is 0 Å². The number of hydrazine groups is 1. The van der Waals surface area contributed by atoms with E-state index in [2.05, 4.69) is 67.8 Å². The van der Waals surface area contributed by atoms with E-state index in [0.717, 1.165) is 12.8 Å². The minimum atomic E-state index is 0.0532. The van der Waals surface area contributed by atoms with E-state index in [-0.39, 0.29) is 6.04 Å². The normalized spacial score (nSPS) is 12.4. The minimum Gasteiger partial charge on any atom is -0.271 e. The number of hydrogen-bond donors (Lipinski definition) is 2. The molecule has 2 rings (SSSR count). The molecule has 0 radical (unpaired) electrons. The summed E-state index contributed by atoms with van der Waals surface area (Å²) in [6, 6.07) is 17.2. The molecule has 2 heteroatoms. The van der Waals surface area contributed by atoms with E-state index in [4.69, 9.17) is 5.84 Å². The summed E-state index contributed by atoms with van der Waals surface area (Å²) in [4.78, 5) is 0. The van der Waals surface area contributed by atoms with Crippen molar-refractivity contribution in [2.24, 2.45) is 5.84 Å². The summed E-state index contributed by atoms with van der Waals surface area (Å²) in [5.41, 5.74) is 7.97. The Hall–Kier alpha value is -1.64. The maximum absolute atomic E-state index is 5.75. The first-order valence-electron chi connectivity index (χ1n) is 6.86. The third kappa shape index (κ3) is 3.43. The van der Waals surface area contributed by atoms with Crippen molar-refractivity contribution < 1.29 is 0 Å². The highest BCUT2D eigenvalue weighted by Gasteiger charge is 2.12. The lowest BCUT2D eigenvalue weighted by atomic mass is 9.96. The Bertz CT molecular complexity index is 517. The zero-order valence-corrected chi connectivity index (χ0v) is 11.7. The van der Waals surface area contributed by atoms with Crippen LogP contribution in [0.5, 0.6) is 0 Å². The Morgan fingerprint density at radius 2 is 1.79 bits per heavy atom. The van der Waals surface area contributed by atoms with E-state index in [1.807, 2.05) is 0 Å². The van der Waals surface area contributed by atoms with E-state index in [9.17, 15) is 0 Å². The lowest BCUT2D eigenvalue weighted by Gasteiger charge is -2.18. The zero-order chi connectivity index (χ0) is 13.7. The molecule has 0 saturated heterocycles. The SMILES string of the molecule is CCCc1cccc(C(NN)c2ccc(C)cc2)c1. The van der Waals surface area contributed by atoms with Crippen LogP contribution in [0.2, 0.25) is 0 Å². The Morgan fingerprint density at radius 3 is 2.42 bits per heavy atom. The van der Waals surface area contributed by atoms with Gasteiger partial charge in [-0.05, 0) is 30.0 Å². The van der Waals surface area contributed by atoms with E-state index >= 15 is 0 Å². The maximum atomic E-state index is 5.75. The van der Waals surface area contributed by atoms with Crippen LogP contribution < -0.4 is 11.3 Å². The average Bonchev–Trinajstić information content (AvgIpc) is 2.43. The van der Waals surface area contributed by atoms with Crippen LogP contribution in [0.3, 0.4) is 0 Å². The van der Waals surface area contributed by atoms with Crippen LogP contribution in [0.1, 0.15) is 41.6 Å². The molecule has 0 aliphatic carbocycles. The summed E-state index contributed by atoms with van der Waals surface area (Å²) in [5.74, 6) is 5.75. The molecule has 2 nitrogen and oxygen atoms in total. The van der Waals surface area contributed by atoms with Crippen molar-refractivity contribution in [3.63, 3.8) is 0 Å². The molecular formula is C17H22N2. The third-order valence-corrected chi connectivity index (χ3v) is 3.40. The monoisotopic (exact) mass is 254 g/mol. The molecule has 0 fully saturated rings. The Morgan fingerprint density at radius 1 is 1.05 bits per heavy atom. The smallest absolute Gasteiger partial charge is 0.0710 e. The van der Waals surface area contributed by atoms with Gasteiger partial charge in [-0.3, -0.25) is 5.84 Å². The first kappa shape index (κ1) is 13.8. The minimum absolute atomic E-state index is 0.0532. The number of nitrogens with one attached hydrogen (secondary N) is 1. The summed E-state index contributed by atoms with van der Waals surface area (Å²) < 4.78 is 0. The molecule has 0 aromatic heterocycles. The molecule has 0 aliphatic heterocycles. The van der Waals surface area contributed by atoms with Gasteiger partial charge in [0.2, 0.25) is 0 Å². The second-order valence-electron chi connectivity index (χ2n) is 5.01. The van der Waals surface area contributed by atoms with Crippen LogP contribution >= 0.6 is 0 Å². The molecule has 3 N–H and O–H groups in total. The molecule has 0 spiro atoms. The van der Waals surface area contributed by atoms with Gasteiger partial charge in [-0.2, -0.15) is 0 Å². The molecule has 0 heterocycles. The fraction of sp³-hybridized carbons (Fsp3) is 0.294. The number of rotatable bonds is 5. The highest BCUT2D eigenvalue weighted by Crippen LogP contribution is 2.22. The highest BCUT2D eigenvalue weighted by molar-refractivity contribution is 5.35. The molecule has 19 heavy (non-hydrogen) atoms. The number of hydrogen-bond acceptors (Lipinski definition) is 2. The van der Waals surface area contributed by atoms with Gasteiger partial charge in [-0.15, -0.1) is 0 Å². The van der Waals surface area contributed by atoms with Gasteiger partial charge in [0, 0.05) is 0 Å².